The van der Waals surface area contributed by atoms with Gasteiger partial charge in [0.15, 0.2) is 0 Å². The average molecular weight is 317 g/mol. The maximum atomic E-state index is 12.7. The summed E-state index contributed by atoms with van der Waals surface area (Å²) in [5.74, 6) is 0.714. The SMILES string of the molecule is COc1ccc(CNc2cnc(Cl)c(C(F)(F)F)c2)cc1. The maximum Gasteiger partial charge on any atom is 0.419 e. The van der Waals surface area contributed by atoms with Gasteiger partial charge in [0.2, 0.25) is 0 Å². The van der Waals surface area contributed by atoms with Crippen molar-refractivity contribution in [1.82, 2.24) is 4.98 Å². The minimum atomic E-state index is -4.53. The van der Waals surface area contributed by atoms with E-state index in [0.717, 1.165) is 11.6 Å². The van der Waals surface area contributed by atoms with Crippen LogP contribution in [0.3, 0.4) is 0 Å². The van der Waals surface area contributed by atoms with Crippen LogP contribution < -0.4 is 10.1 Å². The molecule has 0 atom stereocenters. The number of rotatable bonds is 4. The summed E-state index contributed by atoms with van der Waals surface area (Å²) in [6.07, 6.45) is -3.26. The van der Waals surface area contributed by atoms with Crippen LogP contribution in [0.5, 0.6) is 5.75 Å². The third-order valence-electron chi connectivity index (χ3n) is 2.80. The first-order valence-corrected chi connectivity index (χ1v) is 6.37. The molecule has 112 valence electrons. The third kappa shape index (κ3) is 4.01. The topological polar surface area (TPSA) is 34.1 Å². The van der Waals surface area contributed by atoms with Crippen LogP contribution in [0.2, 0.25) is 5.15 Å². The molecule has 7 heteroatoms. The second-order valence-corrected chi connectivity index (χ2v) is 4.62. The Bertz CT molecular complexity index is 615. The van der Waals surface area contributed by atoms with E-state index >= 15 is 0 Å². The van der Waals surface area contributed by atoms with Crippen LogP contribution >= 0.6 is 11.6 Å². The Hall–Kier alpha value is -1.95. The number of nitrogens with zero attached hydrogens (tertiary/aromatic N) is 1. The smallest absolute Gasteiger partial charge is 0.419 e. The van der Waals surface area contributed by atoms with Gasteiger partial charge in [0.1, 0.15) is 10.9 Å². The number of ether oxygens (including phenoxy) is 1. The van der Waals surface area contributed by atoms with Gasteiger partial charge in [-0.25, -0.2) is 4.98 Å². The fourth-order valence-corrected chi connectivity index (χ4v) is 1.90. The van der Waals surface area contributed by atoms with Gasteiger partial charge >= 0.3 is 6.18 Å². The highest BCUT2D eigenvalue weighted by Crippen LogP contribution is 2.34. The molecule has 0 aliphatic rings. The zero-order valence-electron chi connectivity index (χ0n) is 11.0. The lowest BCUT2D eigenvalue weighted by Gasteiger charge is -2.12. The van der Waals surface area contributed by atoms with Gasteiger partial charge in [-0.2, -0.15) is 13.2 Å². The van der Waals surface area contributed by atoms with E-state index in [9.17, 15) is 13.2 Å². The van der Waals surface area contributed by atoms with E-state index in [1.807, 2.05) is 12.1 Å². The molecule has 1 heterocycles. The fourth-order valence-electron chi connectivity index (χ4n) is 1.69. The summed E-state index contributed by atoms with van der Waals surface area (Å²) in [6, 6.07) is 8.13. The van der Waals surface area contributed by atoms with Crippen molar-refractivity contribution in [3.8, 4) is 5.75 Å². The Morgan fingerprint density at radius 3 is 2.48 bits per heavy atom. The van der Waals surface area contributed by atoms with Gasteiger partial charge in [0.25, 0.3) is 0 Å². The second kappa shape index (κ2) is 6.22. The first-order chi connectivity index (χ1) is 9.90. The molecule has 0 amide bonds. The number of pyridine rings is 1. The van der Waals surface area contributed by atoms with Crippen molar-refractivity contribution in [2.24, 2.45) is 0 Å². The highest BCUT2D eigenvalue weighted by atomic mass is 35.5. The van der Waals surface area contributed by atoms with Crippen LogP contribution in [0, 0.1) is 0 Å². The van der Waals surface area contributed by atoms with Gasteiger partial charge < -0.3 is 10.1 Å². The highest BCUT2D eigenvalue weighted by Gasteiger charge is 2.34. The van der Waals surface area contributed by atoms with Crippen LogP contribution in [-0.2, 0) is 12.7 Å². The number of methoxy groups -OCH3 is 1. The Labute approximate surface area is 124 Å². The van der Waals surface area contributed by atoms with Gasteiger partial charge in [0.05, 0.1) is 24.6 Å². The molecule has 0 bridgehead atoms. The minimum absolute atomic E-state index is 0.252. The van der Waals surface area contributed by atoms with Crippen molar-refractivity contribution in [3.05, 3.63) is 52.8 Å². The van der Waals surface area contributed by atoms with Crippen LogP contribution in [0.1, 0.15) is 11.1 Å². The second-order valence-electron chi connectivity index (χ2n) is 4.26. The third-order valence-corrected chi connectivity index (χ3v) is 3.10. The molecule has 3 nitrogen and oxygen atoms in total. The molecule has 0 aliphatic carbocycles. The van der Waals surface area contributed by atoms with Crippen LogP contribution in [0.15, 0.2) is 36.5 Å². The van der Waals surface area contributed by atoms with Gasteiger partial charge in [-0.1, -0.05) is 23.7 Å². The molecule has 2 rings (SSSR count). The summed E-state index contributed by atoms with van der Waals surface area (Å²) < 4.78 is 43.2. The zero-order chi connectivity index (χ0) is 15.5. The number of alkyl halides is 3. The molecule has 0 radical (unpaired) electrons. The Morgan fingerprint density at radius 1 is 1.24 bits per heavy atom. The quantitative estimate of drug-likeness (QED) is 0.850. The maximum absolute atomic E-state index is 12.7. The van der Waals surface area contributed by atoms with E-state index in [-0.39, 0.29) is 5.69 Å². The number of anilines is 1. The van der Waals surface area contributed by atoms with E-state index < -0.39 is 16.9 Å². The lowest BCUT2D eigenvalue weighted by Crippen LogP contribution is -2.08. The molecular formula is C14H12ClF3N2O. The monoisotopic (exact) mass is 316 g/mol. The minimum Gasteiger partial charge on any atom is -0.497 e. The van der Waals surface area contributed by atoms with Crippen molar-refractivity contribution in [2.45, 2.75) is 12.7 Å². The predicted octanol–water partition coefficient (Wildman–Crippen LogP) is 4.37. The Morgan fingerprint density at radius 2 is 1.90 bits per heavy atom. The summed E-state index contributed by atoms with van der Waals surface area (Å²) in [6.45, 7) is 0.366. The van der Waals surface area contributed by atoms with Crippen LogP contribution in [0.25, 0.3) is 0 Å². The molecule has 1 aromatic carbocycles. The van der Waals surface area contributed by atoms with Crippen molar-refractivity contribution in [1.29, 1.82) is 0 Å². The van der Waals surface area contributed by atoms with E-state index in [1.165, 1.54) is 6.20 Å². The molecular weight excluding hydrogens is 305 g/mol. The lowest BCUT2D eigenvalue weighted by molar-refractivity contribution is -0.137. The zero-order valence-corrected chi connectivity index (χ0v) is 11.8. The summed E-state index contributed by atoms with van der Waals surface area (Å²) >= 11 is 5.46. The van der Waals surface area contributed by atoms with E-state index in [1.54, 1.807) is 19.2 Å². The molecule has 0 saturated carbocycles. The average Bonchev–Trinajstić information content (AvgIpc) is 2.45. The molecule has 0 spiro atoms. The lowest BCUT2D eigenvalue weighted by atomic mass is 10.2. The standard InChI is InChI=1S/C14H12ClF3N2O/c1-21-11-4-2-9(3-5-11)7-19-10-6-12(14(16,17)18)13(15)20-8-10/h2-6,8,19H,7H2,1H3. The molecule has 21 heavy (non-hydrogen) atoms. The number of nitrogens with one attached hydrogen (secondary N) is 1. The van der Waals surface area contributed by atoms with Crippen molar-refractivity contribution in [3.63, 3.8) is 0 Å². The van der Waals surface area contributed by atoms with Crippen molar-refractivity contribution < 1.29 is 17.9 Å². The number of benzene rings is 1. The van der Waals surface area contributed by atoms with E-state index in [4.69, 9.17) is 16.3 Å². The normalized spacial score (nSPS) is 11.3. The first kappa shape index (κ1) is 15.4. The first-order valence-electron chi connectivity index (χ1n) is 5.99. The van der Waals surface area contributed by atoms with Gasteiger partial charge in [0, 0.05) is 6.54 Å². The summed E-state index contributed by atoms with van der Waals surface area (Å²) in [5, 5.41) is 2.32. The van der Waals surface area contributed by atoms with E-state index in [2.05, 4.69) is 10.3 Å². The molecule has 2 aromatic rings. The molecule has 0 saturated heterocycles. The molecule has 1 N–H and O–H groups in total. The van der Waals surface area contributed by atoms with E-state index in [0.29, 0.717) is 12.3 Å². The number of halogens is 4. The summed E-state index contributed by atoms with van der Waals surface area (Å²) in [7, 11) is 1.56. The predicted molar refractivity (Wildman–Crippen MR) is 74.6 cm³/mol. The highest BCUT2D eigenvalue weighted by molar-refractivity contribution is 6.30. The summed E-state index contributed by atoms with van der Waals surface area (Å²) in [5.41, 5.74) is 0.200. The van der Waals surface area contributed by atoms with Crippen molar-refractivity contribution in [2.75, 3.05) is 12.4 Å². The van der Waals surface area contributed by atoms with Crippen molar-refractivity contribution >= 4 is 17.3 Å². The molecule has 1 aromatic heterocycles. The molecule has 0 aliphatic heterocycles. The largest absolute Gasteiger partial charge is 0.497 e. The van der Waals surface area contributed by atoms with Gasteiger partial charge in [-0.15, -0.1) is 0 Å². The van der Waals surface area contributed by atoms with Gasteiger partial charge in [-0.05, 0) is 23.8 Å². The molecule has 0 unspecified atom stereocenters. The molecule has 0 fully saturated rings. The van der Waals surface area contributed by atoms with Gasteiger partial charge in [-0.3, -0.25) is 0 Å². The Balaban J connectivity index is 2.09. The van der Waals surface area contributed by atoms with Crippen LogP contribution in [0.4, 0.5) is 18.9 Å². The number of hydrogen-bond acceptors (Lipinski definition) is 3. The summed E-state index contributed by atoms with van der Waals surface area (Å²) in [4.78, 5) is 3.55. The fraction of sp³-hybridized carbons (Fsp3) is 0.214. The number of hydrogen-bond donors (Lipinski definition) is 1. The Kier molecular flexibility index (Phi) is 4.57. The van der Waals surface area contributed by atoms with Crippen LogP contribution in [-0.4, -0.2) is 12.1 Å². The number of aromatic nitrogens is 1.